The number of carbonyl (C=O) groups is 1. The van der Waals surface area contributed by atoms with Gasteiger partial charge in [-0.25, -0.2) is 0 Å². The van der Waals surface area contributed by atoms with Crippen molar-refractivity contribution in [1.82, 2.24) is 0 Å². The van der Waals surface area contributed by atoms with Crippen LogP contribution in [0.5, 0.6) is 5.75 Å². The summed E-state index contributed by atoms with van der Waals surface area (Å²) in [6.07, 6.45) is 2.82. The molecule has 0 heterocycles. The average Bonchev–Trinajstić information content (AvgIpc) is 3.01. The lowest BCUT2D eigenvalue weighted by atomic mass is 9.86. The van der Waals surface area contributed by atoms with Gasteiger partial charge in [0.05, 0.1) is 19.6 Å². The minimum Gasteiger partial charge on any atom is -0.497 e. The van der Waals surface area contributed by atoms with Gasteiger partial charge in [-0.3, -0.25) is 4.79 Å². The van der Waals surface area contributed by atoms with Crippen molar-refractivity contribution in [3.8, 4) is 5.75 Å². The molecule has 0 N–H and O–H groups in total. The summed E-state index contributed by atoms with van der Waals surface area (Å²) in [6, 6.07) is 14.4. The van der Waals surface area contributed by atoms with Gasteiger partial charge in [-0.1, -0.05) is 24.3 Å². The van der Waals surface area contributed by atoms with E-state index in [2.05, 4.69) is 36.6 Å². The maximum absolute atomic E-state index is 12.6. The zero-order chi connectivity index (χ0) is 17.1. The molecule has 0 amide bonds. The third kappa shape index (κ3) is 3.03. The van der Waals surface area contributed by atoms with Crippen LogP contribution >= 0.6 is 11.8 Å². The second kappa shape index (κ2) is 7.31. The zero-order valence-electron chi connectivity index (χ0n) is 14.2. The molecular formula is C20H22O3S. The molecule has 2 atom stereocenters. The predicted octanol–water partition coefficient (Wildman–Crippen LogP) is 4.28. The average molecular weight is 342 g/mol. The molecule has 1 aliphatic carbocycles. The number of hydrogen-bond donors (Lipinski definition) is 0. The zero-order valence-corrected chi connectivity index (χ0v) is 15.1. The highest BCUT2D eigenvalue weighted by molar-refractivity contribution is 7.98. The summed E-state index contributed by atoms with van der Waals surface area (Å²) in [6.45, 7) is 2.27. The lowest BCUT2D eigenvalue weighted by molar-refractivity contribution is -0.148. The van der Waals surface area contributed by atoms with Crippen molar-refractivity contribution < 1.29 is 14.3 Å². The summed E-state index contributed by atoms with van der Waals surface area (Å²) >= 11 is 1.73. The molecule has 0 spiro atoms. The smallest absolute Gasteiger partial charge is 0.310 e. The van der Waals surface area contributed by atoms with E-state index in [1.807, 2.05) is 19.1 Å². The molecule has 3 rings (SSSR count). The number of ether oxygens (including phenoxy) is 2. The lowest BCUT2D eigenvalue weighted by Crippen LogP contribution is -2.22. The van der Waals surface area contributed by atoms with Gasteiger partial charge in [-0.2, -0.15) is 0 Å². The molecule has 126 valence electrons. The van der Waals surface area contributed by atoms with Crippen LogP contribution in [0.25, 0.3) is 0 Å². The van der Waals surface area contributed by atoms with Crippen LogP contribution in [0.15, 0.2) is 47.4 Å². The molecule has 0 aliphatic heterocycles. The summed E-state index contributed by atoms with van der Waals surface area (Å²) in [7, 11) is 1.66. The Morgan fingerprint density at radius 2 is 1.96 bits per heavy atom. The van der Waals surface area contributed by atoms with Crippen molar-refractivity contribution in [1.29, 1.82) is 0 Å². The fourth-order valence-corrected chi connectivity index (χ4v) is 4.23. The van der Waals surface area contributed by atoms with Gasteiger partial charge in [0.15, 0.2) is 0 Å². The van der Waals surface area contributed by atoms with Crippen LogP contribution < -0.4 is 4.74 Å². The summed E-state index contributed by atoms with van der Waals surface area (Å²) in [5.41, 5.74) is 3.66. The topological polar surface area (TPSA) is 35.5 Å². The Morgan fingerprint density at radius 3 is 2.58 bits per heavy atom. The summed E-state index contributed by atoms with van der Waals surface area (Å²) in [4.78, 5) is 13.8. The van der Waals surface area contributed by atoms with Crippen LogP contribution in [0.4, 0.5) is 0 Å². The fraction of sp³-hybridized carbons (Fsp3) is 0.350. The Hall–Kier alpha value is -1.94. The number of benzene rings is 2. The second-order valence-electron chi connectivity index (χ2n) is 5.85. The second-order valence-corrected chi connectivity index (χ2v) is 6.69. The van der Waals surface area contributed by atoms with Gasteiger partial charge in [0.2, 0.25) is 0 Å². The number of carbonyl (C=O) groups excluding carboxylic acids is 1. The molecule has 0 fully saturated rings. The highest BCUT2D eigenvalue weighted by Gasteiger charge is 2.40. The lowest BCUT2D eigenvalue weighted by Gasteiger charge is -2.21. The molecule has 4 heteroatoms. The van der Waals surface area contributed by atoms with Crippen LogP contribution in [0.3, 0.4) is 0 Å². The highest BCUT2D eigenvalue weighted by Crippen LogP contribution is 2.47. The van der Waals surface area contributed by atoms with Gasteiger partial charge in [-0.15, -0.1) is 11.8 Å². The molecule has 0 bridgehead atoms. The van der Waals surface area contributed by atoms with Crippen LogP contribution in [-0.4, -0.2) is 25.9 Å². The Bertz CT molecular complexity index is 724. The number of methoxy groups -OCH3 is 1. The number of hydrogen-bond acceptors (Lipinski definition) is 4. The summed E-state index contributed by atoms with van der Waals surface area (Å²) in [5, 5.41) is 0. The number of esters is 1. The number of thioether (sulfide) groups is 1. The highest BCUT2D eigenvalue weighted by atomic mass is 32.2. The van der Waals surface area contributed by atoms with E-state index in [1.54, 1.807) is 18.9 Å². The largest absolute Gasteiger partial charge is 0.497 e. The van der Waals surface area contributed by atoms with Gasteiger partial charge in [0, 0.05) is 10.8 Å². The number of fused-ring (bicyclic) bond motifs is 1. The van der Waals surface area contributed by atoms with Crippen molar-refractivity contribution in [2.75, 3.05) is 20.0 Å². The van der Waals surface area contributed by atoms with Gasteiger partial charge in [-0.05, 0) is 54.5 Å². The van der Waals surface area contributed by atoms with Gasteiger partial charge >= 0.3 is 5.97 Å². The first-order valence-corrected chi connectivity index (χ1v) is 9.38. The SMILES string of the molecule is CCOC(=O)C1Cc2cccc(SC)c2C1c1ccc(OC)cc1. The van der Waals surface area contributed by atoms with Gasteiger partial charge in [0.1, 0.15) is 5.75 Å². The molecule has 1 aliphatic rings. The van der Waals surface area contributed by atoms with Crippen LogP contribution in [0.1, 0.15) is 29.5 Å². The van der Waals surface area contributed by atoms with E-state index in [9.17, 15) is 4.79 Å². The van der Waals surface area contributed by atoms with E-state index in [1.165, 1.54) is 16.0 Å². The standard InChI is InChI=1S/C20H22O3S/c1-4-23-20(21)16-12-14-6-5-7-17(24-3)19(14)18(16)13-8-10-15(22-2)11-9-13/h5-11,16,18H,4,12H2,1-3H3. The van der Waals surface area contributed by atoms with Crippen LogP contribution in [-0.2, 0) is 16.0 Å². The van der Waals surface area contributed by atoms with E-state index in [0.29, 0.717) is 6.61 Å². The first-order valence-electron chi connectivity index (χ1n) is 8.16. The van der Waals surface area contributed by atoms with E-state index in [4.69, 9.17) is 9.47 Å². The molecule has 2 aromatic carbocycles. The van der Waals surface area contributed by atoms with Crippen molar-refractivity contribution in [2.24, 2.45) is 5.92 Å². The van der Waals surface area contributed by atoms with Crippen LogP contribution in [0.2, 0.25) is 0 Å². The van der Waals surface area contributed by atoms with E-state index in [0.717, 1.165) is 17.7 Å². The van der Waals surface area contributed by atoms with Crippen molar-refractivity contribution in [3.63, 3.8) is 0 Å². The first-order chi connectivity index (χ1) is 11.7. The molecule has 2 unspecified atom stereocenters. The normalized spacial score (nSPS) is 19.0. The van der Waals surface area contributed by atoms with Crippen molar-refractivity contribution in [2.45, 2.75) is 24.2 Å². The number of rotatable bonds is 5. The molecule has 0 aromatic heterocycles. The minimum atomic E-state index is -0.165. The van der Waals surface area contributed by atoms with Crippen LogP contribution in [0, 0.1) is 5.92 Å². The molecule has 2 aromatic rings. The fourth-order valence-electron chi connectivity index (χ4n) is 3.53. The summed E-state index contributed by atoms with van der Waals surface area (Å²) < 4.78 is 10.6. The molecule has 0 saturated carbocycles. The molecule has 24 heavy (non-hydrogen) atoms. The van der Waals surface area contributed by atoms with Crippen molar-refractivity contribution >= 4 is 17.7 Å². The quantitative estimate of drug-likeness (QED) is 0.600. The maximum atomic E-state index is 12.6. The Balaban J connectivity index is 2.08. The first kappa shape index (κ1) is 16.9. The summed E-state index contributed by atoms with van der Waals surface area (Å²) in [5.74, 6) is 0.583. The van der Waals surface area contributed by atoms with E-state index >= 15 is 0 Å². The third-order valence-corrected chi connectivity index (χ3v) is 5.39. The maximum Gasteiger partial charge on any atom is 0.310 e. The van der Waals surface area contributed by atoms with Gasteiger partial charge in [0.25, 0.3) is 0 Å². The van der Waals surface area contributed by atoms with Crippen molar-refractivity contribution in [3.05, 3.63) is 59.2 Å². The Morgan fingerprint density at radius 1 is 1.21 bits per heavy atom. The predicted molar refractivity (Wildman–Crippen MR) is 96.9 cm³/mol. The minimum absolute atomic E-state index is 0.0357. The van der Waals surface area contributed by atoms with E-state index in [-0.39, 0.29) is 17.8 Å². The molecule has 0 radical (unpaired) electrons. The van der Waals surface area contributed by atoms with Gasteiger partial charge < -0.3 is 9.47 Å². The molecule has 3 nitrogen and oxygen atoms in total. The monoisotopic (exact) mass is 342 g/mol. The molecular weight excluding hydrogens is 320 g/mol. The van der Waals surface area contributed by atoms with E-state index < -0.39 is 0 Å². The Kier molecular flexibility index (Phi) is 5.14. The molecule has 0 saturated heterocycles. The Labute approximate surface area is 147 Å². The third-order valence-electron chi connectivity index (χ3n) is 4.59.